The number of nitrogens with one attached hydrogen (secondary N) is 2. The fourth-order valence-corrected chi connectivity index (χ4v) is 1.89. The van der Waals surface area contributed by atoms with Crippen LogP contribution in [0.4, 0.5) is 11.4 Å². The van der Waals surface area contributed by atoms with Gasteiger partial charge in [-0.25, -0.2) is 4.98 Å². The van der Waals surface area contributed by atoms with Crippen LogP contribution in [0.25, 0.3) is 0 Å². The number of benzene rings is 1. The zero-order valence-electron chi connectivity index (χ0n) is 12.7. The minimum absolute atomic E-state index is 0.00490. The van der Waals surface area contributed by atoms with Crippen molar-refractivity contribution in [1.82, 2.24) is 4.98 Å². The first-order valence-corrected chi connectivity index (χ1v) is 7.22. The molecule has 2 N–H and O–H groups in total. The molecule has 2 rings (SSSR count). The monoisotopic (exact) mass is 297 g/mol. The third kappa shape index (κ3) is 4.15. The molecule has 1 amide bonds. The molecule has 1 heterocycles. The topological polar surface area (TPSA) is 71.1 Å². The molecule has 0 saturated heterocycles. The molecule has 0 fully saturated rings. The van der Waals surface area contributed by atoms with E-state index < -0.39 is 0 Å². The Morgan fingerprint density at radius 3 is 2.27 bits per heavy atom. The van der Waals surface area contributed by atoms with Crippen molar-refractivity contribution in [2.45, 2.75) is 20.3 Å². The second-order valence-corrected chi connectivity index (χ2v) is 4.95. The Morgan fingerprint density at radius 2 is 1.73 bits per heavy atom. The van der Waals surface area contributed by atoms with Gasteiger partial charge in [-0.15, -0.1) is 0 Å². The summed E-state index contributed by atoms with van der Waals surface area (Å²) in [6.07, 6.45) is 2.67. The molecule has 114 valence electrons. The van der Waals surface area contributed by atoms with E-state index in [1.807, 2.05) is 6.07 Å². The van der Waals surface area contributed by atoms with Gasteiger partial charge in [0, 0.05) is 17.8 Å². The lowest BCUT2D eigenvalue weighted by atomic mass is 10.1. The Morgan fingerprint density at radius 1 is 1.05 bits per heavy atom. The summed E-state index contributed by atoms with van der Waals surface area (Å²) in [6.45, 7) is 4.46. The largest absolute Gasteiger partial charge is 0.384 e. The number of nitrogens with zero attached hydrogens (tertiary/aromatic N) is 1. The van der Waals surface area contributed by atoms with Crippen LogP contribution >= 0.6 is 0 Å². The van der Waals surface area contributed by atoms with Crippen LogP contribution in [0.2, 0.25) is 0 Å². The summed E-state index contributed by atoms with van der Waals surface area (Å²) in [5, 5.41) is 5.95. The lowest BCUT2D eigenvalue weighted by Crippen LogP contribution is -2.14. The average molecular weight is 297 g/mol. The van der Waals surface area contributed by atoms with Gasteiger partial charge in [0.15, 0.2) is 5.78 Å². The first kappa shape index (κ1) is 15.7. The number of amides is 1. The molecule has 0 aliphatic heterocycles. The number of pyridine rings is 1. The van der Waals surface area contributed by atoms with E-state index >= 15 is 0 Å². The quantitative estimate of drug-likeness (QED) is 0.802. The van der Waals surface area contributed by atoms with Crippen molar-refractivity contribution in [2.24, 2.45) is 0 Å². The molecule has 0 unspecified atom stereocenters. The van der Waals surface area contributed by atoms with Crippen LogP contribution in [-0.4, -0.2) is 23.2 Å². The summed E-state index contributed by atoms with van der Waals surface area (Å²) in [5.41, 5.74) is 2.48. The third-order valence-corrected chi connectivity index (χ3v) is 3.12. The first-order chi connectivity index (χ1) is 10.6. The molecular weight excluding hydrogens is 278 g/mol. The SMILES string of the molecule is CCCNc1ccc(C(=O)Nc2ccc(C(C)=O)cc2)nc1. The van der Waals surface area contributed by atoms with Gasteiger partial charge in [-0.1, -0.05) is 6.92 Å². The number of aromatic nitrogens is 1. The average Bonchev–Trinajstić information content (AvgIpc) is 2.54. The van der Waals surface area contributed by atoms with Crippen LogP contribution in [0.5, 0.6) is 0 Å². The lowest BCUT2D eigenvalue weighted by molar-refractivity contribution is 0.101. The standard InChI is InChI=1S/C17H19N3O2/c1-3-10-18-15-8-9-16(19-11-15)17(22)20-14-6-4-13(5-7-14)12(2)21/h4-9,11,18H,3,10H2,1-2H3,(H,20,22). The van der Waals surface area contributed by atoms with Gasteiger partial charge in [0.25, 0.3) is 5.91 Å². The number of ketones is 1. The number of hydrogen-bond acceptors (Lipinski definition) is 4. The van der Waals surface area contributed by atoms with Crippen molar-refractivity contribution in [3.8, 4) is 0 Å². The zero-order chi connectivity index (χ0) is 15.9. The number of anilines is 2. The highest BCUT2D eigenvalue weighted by Crippen LogP contribution is 2.12. The van der Waals surface area contributed by atoms with Gasteiger partial charge in [0.2, 0.25) is 0 Å². The highest BCUT2D eigenvalue weighted by Gasteiger charge is 2.08. The van der Waals surface area contributed by atoms with Crippen LogP contribution in [0.3, 0.4) is 0 Å². The van der Waals surface area contributed by atoms with Crippen LogP contribution < -0.4 is 10.6 Å². The van der Waals surface area contributed by atoms with Gasteiger partial charge in [-0.3, -0.25) is 9.59 Å². The minimum Gasteiger partial charge on any atom is -0.384 e. The summed E-state index contributed by atoms with van der Waals surface area (Å²) < 4.78 is 0. The molecule has 5 nitrogen and oxygen atoms in total. The Labute approximate surface area is 129 Å². The maximum Gasteiger partial charge on any atom is 0.274 e. The summed E-state index contributed by atoms with van der Waals surface area (Å²) in [5.74, 6) is -0.285. The van der Waals surface area contributed by atoms with E-state index in [0.717, 1.165) is 18.7 Å². The summed E-state index contributed by atoms with van der Waals surface area (Å²) in [6, 6.07) is 10.3. The lowest BCUT2D eigenvalue weighted by Gasteiger charge is -2.07. The second kappa shape index (κ2) is 7.36. The van der Waals surface area contributed by atoms with E-state index in [1.54, 1.807) is 36.5 Å². The predicted molar refractivity (Wildman–Crippen MR) is 87.4 cm³/mol. The Hall–Kier alpha value is -2.69. The van der Waals surface area contributed by atoms with Crippen molar-refractivity contribution in [3.63, 3.8) is 0 Å². The first-order valence-electron chi connectivity index (χ1n) is 7.22. The molecular formula is C17H19N3O2. The molecule has 0 spiro atoms. The molecule has 5 heteroatoms. The molecule has 0 aliphatic carbocycles. The van der Waals surface area contributed by atoms with Gasteiger partial charge in [0.05, 0.1) is 11.9 Å². The predicted octanol–water partition coefficient (Wildman–Crippen LogP) is 3.36. The Kier molecular flexibility index (Phi) is 5.25. The van der Waals surface area contributed by atoms with Gasteiger partial charge in [-0.05, 0) is 49.7 Å². The highest BCUT2D eigenvalue weighted by molar-refractivity contribution is 6.03. The summed E-state index contributed by atoms with van der Waals surface area (Å²) in [7, 11) is 0. The van der Waals surface area contributed by atoms with E-state index in [9.17, 15) is 9.59 Å². The molecule has 0 atom stereocenters. The molecule has 0 aliphatic rings. The Bertz CT molecular complexity index is 649. The van der Waals surface area contributed by atoms with Crippen LogP contribution in [0.15, 0.2) is 42.6 Å². The minimum atomic E-state index is -0.280. The molecule has 2 aromatic rings. The molecule has 0 saturated carbocycles. The molecule has 1 aromatic carbocycles. The third-order valence-electron chi connectivity index (χ3n) is 3.12. The van der Waals surface area contributed by atoms with Gasteiger partial charge < -0.3 is 10.6 Å². The zero-order valence-corrected chi connectivity index (χ0v) is 12.7. The van der Waals surface area contributed by atoms with Crippen LogP contribution in [0.1, 0.15) is 41.1 Å². The van der Waals surface area contributed by atoms with Gasteiger partial charge in [-0.2, -0.15) is 0 Å². The van der Waals surface area contributed by atoms with E-state index in [0.29, 0.717) is 16.9 Å². The van der Waals surface area contributed by atoms with Crippen molar-refractivity contribution < 1.29 is 9.59 Å². The van der Waals surface area contributed by atoms with E-state index in [4.69, 9.17) is 0 Å². The molecule has 22 heavy (non-hydrogen) atoms. The van der Waals surface area contributed by atoms with E-state index in [1.165, 1.54) is 6.92 Å². The number of Topliss-reactive ketones (excluding diaryl/α,β-unsaturated/α-hetero) is 1. The molecule has 0 bridgehead atoms. The van der Waals surface area contributed by atoms with Crippen molar-refractivity contribution in [1.29, 1.82) is 0 Å². The summed E-state index contributed by atoms with van der Waals surface area (Å²) in [4.78, 5) is 27.4. The van der Waals surface area contributed by atoms with Crippen molar-refractivity contribution in [2.75, 3.05) is 17.2 Å². The second-order valence-electron chi connectivity index (χ2n) is 4.95. The van der Waals surface area contributed by atoms with Gasteiger partial charge >= 0.3 is 0 Å². The smallest absolute Gasteiger partial charge is 0.274 e. The van der Waals surface area contributed by atoms with E-state index in [2.05, 4.69) is 22.5 Å². The number of hydrogen-bond donors (Lipinski definition) is 2. The van der Waals surface area contributed by atoms with Crippen molar-refractivity contribution >= 4 is 23.1 Å². The van der Waals surface area contributed by atoms with Gasteiger partial charge in [0.1, 0.15) is 5.69 Å². The maximum atomic E-state index is 12.1. The maximum absolute atomic E-state index is 12.1. The fraction of sp³-hybridized carbons (Fsp3) is 0.235. The molecule has 1 aromatic heterocycles. The van der Waals surface area contributed by atoms with Crippen LogP contribution in [0, 0.1) is 0 Å². The van der Waals surface area contributed by atoms with Crippen molar-refractivity contribution in [3.05, 3.63) is 53.9 Å². The fourth-order valence-electron chi connectivity index (χ4n) is 1.89. The molecule has 0 radical (unpaired) electrons. The number of carbonyl (C=O) groups is 2. The Balaban J connectivity index is 2.00. The number of rotatable bonds is 6. The van der Waals surface area contributed by atoms with E-state index in [-0.39, 0.29) is 11.7 Å². The normalized spacial score (nSPS) is 10.1. The highest BCUT2D eigenvalue weighted by atomic mass is 16.2. The van der Waals surface area contributed by atoms with Crippen LogP contribution in [-0.2, 0) is 0 Å². The summed E-state index contributed by atoms with van der Waals surface area (Å²) >= 11 is 0. The number of carbonyl (C=O) groups excluding carboxylic acids is 2.